The molecule has 6 rings (SSSR count). The molecule has 268 valence electrons. The van der Waals surface area contributed by atoms with Crippen molar-refractivity contribution in [2.45, 2.75) is 86.5 Å². The van der Waals surface area contributed by atoms with Crippen LogP contribution in [0.2, 0.25) is 0 Å². The smallest absolute Gasteiger partial charge is 0.161 e. The van der Waals surface area contributed by atoms with Crippen molar-refractivity contribution in [3.05, 3.63) is 87.4 Å². The molecule has 0 fully saturated rings. The standard InChI is InChI=1S/C45H54BBrO4/c1-9-27(5)23-48-41-19-35-36-20-42(49-24-28(6)10-2)44(51-26-30(8)12-4)22-40(36)45(39(35)21-43(41)50-25-29(7)11-3)37-17-31(46)13-15-33(37)34-16-14-32(47)18-38(34)45/h13-22,27-30H,9-12,23-26H2,1-8H3. The maximum absolute atomic E-state index is 6.70. The summed E-state index contributed by atoms with van der Waals surface area (Å²) in [6, 6.07) is 22.0. The van der Waals surface area contributed by atoms with Gasteiger partial charge in [0.25, 0.3) is 0 Å². The number of hydrogen-bond acceptors (Lipinski definition) is 4. The first-order chi connectivity index (χ1) is 24.5. The summed E-state index contributed by atoms with van der Waals surface area (Å²) in [5.41, 5.74) is 9.37. The van der Waals surface area contributed by atoms with E-state index in [1.807, 2.05) is 6.07 Å². The Labute approximate surface area is 316 Å². The zero-order chi connectivity index (χ0) is 36.4. The summed E-state index contributed by atoms with van der Waals surface area (Å²) in [5, 5.41) is 0. The molecule has 2 aliphatic rings. The van der Waals surface area contributed by atoms with E-state index < -0.39 is 5.41 Å². The second kappa shape index (κ2) is 15.7. The van der Waals surface area contributed by atoms with Crippen LogP contribution in [0.3, 0.4) is 0 Å². The zero-order valence-corrected chi connectivity index (χ0v) is 33.4. The Morgan fingerprint density at radius 1 is 0.490 bits per heavy atom. The molecule has 4 aromatic rings. The summed E-state index contributed by atoms with van der Waals surface area (Å²) >= 11 is 3.85. The lowest BCUT2D eigenvalue weighted by atomic mass is 9.69. The van der Waals surface area contributed by atoms with Crippen LogP contribution in [0.15, 0.2) is 65.1 Å². The monoisotopic (exact) mass is 748 g/mol. The van der Waals surface area contributed by atoms with Crippen LogP contribution < -0.4 is 24.4 Å². The molecule has 0 aliphatic heterocycles. The molecule has 0 amide bonds. The van der Waals surface area contributed by atoms with E-state index in [1.54, 1.807) is 0 Å². The van der Waals surface area contributed by atoms with Crippen molar-refractivity contribution in [2.75, 3.05) is 26.4 Å². The van der Waals surface area contributed by atoms with Crippen molar-refractivity contribution in [1.82, 2.24) is 0 Å². The molecule has 4 aromatic carbocycles. The van der Waals surface area contributed by atoms with Crippen molar-refractivity contribution in [3.8, 4) is 45.3 Å². The van der Waals surface area contributed by atoms with Crippen LogP contribution in [0.1, 0.15) is 103 Å². The average Bonchev–Trinajstić information content (AvgIpc) is 3.57. The Balaban J connectivity index is 1.67. The van der Waals surface area contributed by atoms with E-state index in [2.05, 4.69) is 126 Å². The predicted molar refractivity (Wildman–Crippen MR) is 216 cm³/mol. The molecule has 2 radical (unpaired) electrons. The number of hydrogen-bond donors (Lipinski definition) is 0. The molecule has 51 heavy (non-hydrogen) atoms. The number of benzene rings is 4. The van der Waals surface area contributed by atoms with E-state index >= 15 is 0 Å². The third-order valence-corrected chi connectivity index (χ3v) is 11.8. The van der Waals surface area contributed by atoms with Crippen molar-refractivity contribution in [3.63, 3.8) is 0 Å². The van der Waals surface area contributed by atoms with Crippen molar-refractivity contribution >= 4 is 29.2 Å². The van der Waals surface area contributed by atoms with Gasteiger partial charge in [-0.15, -0.1) is 0 Å². The molecule has 0 heterocycles. The maximum Gasteiger partial charge on any atom is 0.161 e. The third-order valence-electron chi connectivity index (χ3n) is 11.3. The summed E-state index contributed by atoms with van der Waals surface area (Å²) in [6.45, 7) is 20.2. The Bertz CT molecular complexity index is 1730. The molecular weight excluding hydrogens is 695 g/mol. The zero-order valence-electron chi connectivity index (χ0n) is 31.8. The Hall–Kier alpha value is -3.38. The van der Waals surface area contributed by atoms with Crippen LogP contribution in [0.25, 0.3) is 22.3 Å². The van der Waals surface area contributed by atoms with Crippen LogP contribution in [-0.2, 0) is 5.41 Å². The molecule has 6 heteroatoms. The normalized spacial score (nSPS) is 17.6. The molecule has 0 N–H and O–H groups in total. The number of ether oxygens (including phenoxy) is 4. The van der Waals surface area contributed by atoms with Gasteiger partial charge in [0.05, 0.1) is 31.8 Å². The number of halogens is 1. The Kier molecular flexibility index (Phi) is 11.5. The molecule has 1 spiro atoms. The van der Waals surface area contributed by atoms with Crippen LogP contribution >= 0.6 is 15.9 Å². The van der Waals surface area contributed by atoms with Gasteiger partial charge in [0.1, 0.15) is 7.85 Å². The molecule has 0 saturated carbocycles. The molecule has 0 bridgehead atoms. The minimum Gasteiger partial charge on any atom is -0.489 e. The van der Waals surface area contributed by atoms with Gasteiger partial charge in [0.2, 0.25) is 0 Å². The topological polar surface area (TPSA) is 36.9 Å². The van der Waals surface area contributed by atoms with Gasteiger partial charge in [-0.3, -0.25) is 0 Å². The van der Waals surface area contributed by atoms with Gasteiger partial charge < -0.3 is 18.9 Å². The minimum absolute atomic E-state index is 0.408. The van der Waals surface area contributed by atoms with Crippen molar-refractivity contribution in [1.29, 1.82) is 0 Å². The maximum atomic E-state index is 6.70. The quantitative estimate of drug-likeness (QED) is 0.0924. The summed E-state index contributed by atoms with van der Waals surface area (Å²) in [7, 11) is 6.65. The van der Waals surface area contributed by atoms with Crippen LogP contribution in [-0.4, -0.2) is 34.3 Å². The predicted octanol–water partition coefficient (Wildman–Crippen LogP) is 11.3. The van der Waals surface area contributed by atoms with Gasteiger partial charge in [-0.25, -0.2) is 0 Å². The van der Waals surface area contributed by atoms with Crippen molar-refractivity contribution < 1.29 is 18.9 Å². The minimum atomic E-state index is -0.665. The number of rotatable bonds is 16. The first-order valence-corrected chi connectivity index (χ1v) is 19.9. The summed E-state index contributed by atoms with van der Waals surface area (Å²) in [6.07, 6.45) is 4.16. The lowest BCUT2D eigenvalue weighted by Gasteiger charge is -2.32. The van der Waals surface area contributed by atoms with E-state index in [1.165, 1.54) is 16.7 Å². The fraction of sp³-hybridized carbons (Fsp3) is 0.467. The highest BCUT2D eigenvalue weighted by Crippen LogP contribution is 2.65. The third kappa shape index (κ3) is 7.07. The highest BCUT2D eigenvalue weighted by Gasteiger charge is 2.53. The fourth-order valence-electron chi connectivity index (χ4n) is 7.08. The van der Waals surface area contributed by atoms with Gasteiger partial charge in [0.15, 0.2) is 23.0 Å². The van der Waals surface area contributed by atoms with Gasteiger partial charge in [-0.05, 0) is 105 Å². The van der Waals surface area contributed by atoms with Crippen LogP contribution in [0, 0.1) is 23.7 Å². The SMILES string of the molecule is [B]c1ccc2c(c1)C1(c3cc(Br)ccc3-2)c2cc(OCC(C)CC)c(OCC(C)CC)cc2-c2cc(OCC(C)CC)c(OCC(C)CC)cc21. The molecular formula is C45H54BBrO4. The van der Waals surface area contributed by atoms with Gasteiger partial charge in [0, 0.05) is 4.47 Å². The summed E-state index contributed by atoms with van der Waals surface area (Å²) < 4.78 is 27.7. The highest BCUT2D eigenvalue weighted by atomic mass is 79.9. The van der Waals surface area contributed by atoms with Gasteiger partial charge >= 0.3 is 0 Å². The Morgan fingerprint density at radius 2 is 0.843 bits per heavy atom. The summed E-state index contributed by atoms with van der Waals surface area (Å²) in [5.74, 6) is 4.76. The van der Waals surface area contributed by atoms with E-state index in [4.69, 9.17) is 26.8 Å². The molecule has 0 aromatic heterocycles. The van der Waals surface area contributed by atoms with E-state index in [0.717, 1.165) is 86.4 Å². The molecule has 0 saturated heterocycles. The molecule has 4 nitrogen and oxygen atoms in total. The van der Waals surface area contributed by atoms with E-state index in [0.29, 0.717) is 50.1 Å². The largest absolute Gasteiger partial charge is 0.489 e. The summed E-state index contributed by atoms with van der Waals surface area (Å²) in [4.78, 5) is 0. The first kappa shape index (κ1) is 37.4. The van der Waals surface area contributed by atoms with E-state index in [-0.39, 0.29) is 0 Å². The van der Waals surface area contributed by atoms with E-state index in [9.17, 15) is 0 Å². The molecule has 2 aliphatic carbocycles. The lowest BCUT2D eigenvalue weighted by Crippen LogP contribution is -2.27. The van der Waals surface area contributed by atoms with Crippen molar-refractivity contribution in [2.24, 2.45) is 23.7 Å². The van der Waals surface area contributed by atoms with Gasteiger partial charge in [-0.2, -0.15) is 0 Å². The lowest BCUT2D eigenvalue weighted by molar-refractivity contribution is 0.217. The molecule has 4 unspecified atom stereocenters. The number of fused-ring (bicyclic) bond motifs is 10. The molecule has 4 atom stereocenters. The highest BCUT2D eigenvalue weighted by molar-refractivity contribution is 9.10. The first-order valence-electron chi connectivity index (χ1n) is 19.1. The van der Waals surface area contributed by atoms with Gasteiger partial charge in [-0.1, -0.05) is 127 Å². The fourth-order valence-corrected chi connectivity index (χ4v) is 7.44. The van der Waals surface area contributed by atoms with Crippen LogP contribution in [0.4, 0.5) is 0 Å². The second-order valence-corrected chi connectivity index (χ2v) is 16.1. The average molecular weight is 750 g/mol. The Morgan fingerprint density at radius 3 is 1.25 bits per heavy atom. The van der Waals surface area contributed by atoms with Crippen LogP contribution in [0.5, 0.6) is 23.0 Å². The second-order valence-electron chi connectivity index (χ2n) is 15.2.